The van der Waals surface area contributed by atoms with Crippen molar-refractivity contribution in [2.75, 3.05) is 26.8 Å². The van der Waals surface area contributed by atoms with E-state index in [9.17, 15) is 0 Å². The van der Waals surface area contributed by atoms with Gasteiger partial charge >= 0.3 is 0 Å². The molecule has 0 aromatic heterocycles. The van der Waals surface area contributed by atoms with E-state index in [0.717, 1.165) is 32.6 Å². The summed E-state index contributed by atoms with van der Waals surface area (Å²) in [5.74, 6) is 0.677. The molecular formula is C12H26IN3O. The Morgan fingerprint density at radius 2 is 2.00 bits per heavy atom. The second-order valence-corrected chi connectivity index (χ2v) is 4.40. The van der Waals surface area contributed by atoms with Crippen LogP contribution in [-0.4, -0.2) is 43.7 Å². The SMILES string of the molecule is CCCCOCCCN=C(N)N(C)C1CC1.I. The minimum absolute atomic E-state index is 0. The molecule has 0 heterocycles. The van der Waals surface area contributed by atoms with Gasteiger partial charge in [-0.15, -0.1) is 24.0 Å². The lowest BCUT2D eigenvalue weighted by Crippen LogP contribution is -2.35. The first-order chi connectivity index (χ1) is 7.75. The van der Waals surface area contributed by atoms with Crippen LogP contribution >= 0.6 is 24.0 Å². The highest BCUT2D eigenvalue weighted by Crippen LogP contribution is 2.24. The van der Waals surface area contributed by atoms with Crippen molar-refractivity contribution in [2.45, 2.75) is 45.1 Å². The molecule has 2 N–H and O–H groups in total. The van der Waals surface area contributed by atoms with Crippen molar-refractivity contribution in [3.8, 4) is 0 Å². The monoisotopic (exact) mass is 355 g/mol. The maximum Gasteiger partial charge on any atom is 0.191 e. The van der Waals surface area contributed by atoms with E-state index >= 15 is 0 Å². The van der Waals surface area contributed by atoms with Gasteiger partial charge in [0.15, 0.2) is 5.96 Å². The molecular weight excluding hydrogens is 329 g/mol. The predicted molar refractivity (Wildman–Crippen MR) is 83.0 cm³/mol. The van der Waals surface area contributed by atoms with Gasteiger partial charge in [0.05, 0.1) is 0 Å². The Balaban J connectivity index is 0.00000256. The Kier molecular flexibility index (Phi) is 9.91. The number of halogens is 1. The lowest BCUT2D eigenvalue weighted by atomic mass is 10.4. The van der Waals surface area contributed by atoms with Gasteiger partial charge in [0.2, 0.25) is 0 Å². The summed E-state index contributed by atoms with van der Waals surface area (Å²) < 4.78 is 5.45. The topological polar surface area (TPSA) is 50.9 Å². The molecule has 0 aliphatic heterocycles. The van der Waals surface area contributed by atoms with Crippen LogP contribution in [0.3, 0.4) is 0 Å². The molecule has 0 radical (unpaired) electrons. The van der Waals surface area contributed by atoms with Crippen molar-refractivity contribution in [3.63, 3.8) is 0 Å². The summed E-state index contributed by atoms with van der Waals surface area (Å²) in [6.07, 6.45) is 5.82. The van der Waals surface area contributed by atoms with E-state index in [1.807, 2.05) is 7.05 Å². The Hall–Kier alpha value is -0.0400. The number of nitrogens with two attached hydrogens (primary N) is 1. The fourth-order valence-electron chi connectivity index (χ4n) is 1.47. The molecule has 0 atom stereocenters. The smallest absolute Gasteiger partial charge is 0.191 e. The molecule has 0 aromatic rings. The van der Waals surface area contributed by atoms with Gasteiger partial charge in [0.25, 0.3) is 0 Å². The summed E-state index contributed by atoms with van der Waals surface area (Å²) in [6, 6.07) is 0.643. The third-order valence-electron chi connectivity index (χ3n) is 2.82. The fourth-order valence-corrected chi connectivity index (χ4v) is 1.47. The van der Waals surface area contributed by atoms with Gasteiger partial charge in [-0.3, -0.25) is 4.99 Å². The van der Waals surface area contributed by atoms with E-state index < -0.39 is 0 Å². The first kappa shape index (κ1) is 17.0. The Morgan fingerprint density at radius 3 is 2.59 bits per heavy atom. The fraction of sp³-hybridized carbons (Fsp3) is 0.917. The molecule has 1 saturated carbocycles. The second kappa shape index (κ2) is 9.94. The van der Waals surface area contributed by atoms with E-state index in [2.05, 4.69) is 16.8 Å². The van der Waals surface area contributed by atoms with Crippen molar-refractivity contribution < 1.29 is 4.74 Å². The number of nitrogens with zero attached hydrogens (tertiary/aromatic N) is 2. The highest BCUT2D eigenvalue weighted by atomic mass is 127. The van der Waals surface area contributed by atoms with E-state index in [-0.39, 0.29) is 24.0 Å². The largest absolute Gasteiger partial charge is 0.381 e. The average Bonchev–Trinajstić information content (AvgIpc) is 3.10. The molecule has 1 aliphatic rings. The van der Waals surface area contributed by atoms with Crippen LogP contribution in [0.15, 0.2) is 4.99 Å². The molecule has 1 rings (SSSR count). The van der Waals surface area contributed by atoms with E-state index in [1.54, 1.807) is 0 Å². The van der Waals surface area contributed by atoms with Crippen molar-refractivity contribution >= 4 is 29.9 Å². The lowest BCUT2D eigenvalue weighted by Gasteiger charge is -2.16. The third kappa shape index (κ3) is 7.81. The Labute approximate surface area is 122 Å². The summed E-state index contributed by atoms with van der Waals surface area (Å²) in [6.45, 7) is 4.61. The summed E-state index contributed by atoms with van der Waals surface area (Å²) in [5.41, 5.74) is 5.86. The Bertz CT molecular complexity index is 220. The zero-order valence-electron chi connectivity index (χ0n) is 11.0. The molecule has 102 valence electrons. The first-order valence-corrected chi connectivity index (χ1v) is 6.36. The molecule has 5 heteroatoms. The standard InChI is InChI=1S/C12H25N3O.HI/c1-3-4-9-16-10-5-8-14-12(13)15(2)11-6-7-11;/h11H,3-10H2,1-2H3,(H2,13,14);1H. The summed E-state index contributed by atoms with van der Waals surface area (Å²) in [4.78, 5) is 6.42. The van der Waals surface area contributed by atoms with Crippen molar-refractivity contribution in [2.24, 2.45) is 10.7 Å². The zero-order chi connectivity index (χ0) is 11.8. The van der Waals surface area contributed by atoms with Gasteiger partial charge in [-0.05, 0) is 25.7 Å². The summed E-state index contributed by atoms with van der Waals surface area (Å²) >= 11 is 0. The van der Waals surface area contributed by atoms with Crippen LogP contribution < -0.4 is 5.73 Å². The van der Waals surface area contributed by atoms with Crippen molar-refractivity contribution in [1.29, 1.82) is 0 Å². The Morgan fingerprint density at radius 1 is 1.35 bits per heavy atom. The molecule has 0 unspecified atom stereocenters. The van der Waals surface area contributed by atoms with E-state index in [1.165, 1.54) is 19.3 Å². The minimum Gasteiger partial charge on any atom is -0.381 e. The number of hydrogen-bond donors (Lipinski definition) is 1. The average molecular weight is 355 g/mol. The molecule has 0 aromatic carbocycles. The normalized spacial score (nSPS) is 15.5. The number of rotatable bonds is 8. The molecule has 0 saturated heterocycles. The van der Waals surface area contributed by atoms with Crippen LogP contribution in [0.1, 0.15) is 39.0 Å². The maximum absolute atomic E-state index is 5.86. The van der Waals surface area contributed by atoms with Crippen LogP contribution in [0.4, 0.5) is 0 Å². The second-order valence-electron chi connectivity index (χ2n) is 4.40. The molecule has 0 spiro atoms. The van der Waals surface area contributed by atoms with Gasteiger partial charge in [0.1, 0.15) is 0 Å². The highest BCUT2D eigenvalue weighted by Gasteiger charge is 2.27. The van der Waals surface area contributed by atoms with Gasteiger partial charge in [-0.25, -0.2) is 0 Å². The molecule has 1 aliphatic carbocycles. The van der Waals surface area contributed by atoms with Gasteiger partial charge in [0, 0.05) is 32.8 Å². The number of ether oxygens (including phenoxy) is 1. The highest BCUT2D eigenvalue weighted by molar-refractivity contribution is 14.0. The quantitative estimate of drug-likeness (QED) is 0.314. The van der Waals surface area contributed by atoms with Gasteiger partial charge in [-0.1, -0.05) is 13.3 Å². The van der Waals surface area contributed by atoms with E-state index in [4.69, 9.17) is 10.5 Å². The first-order valence-electron chi connectivity index (χ1n) is 6.36. The third-order valence-corrected chi connectivity index (χ3v) is 2.82. The molecule has 0 bridgehead atoms. The minimum atomic E-state index is 0. The van der Waals surface area contributed by atoms with Crippen molar-refractivity contribution in [1.82, 2.24) is 4.90 Å². The number of guanidine groups is 1. The summed E-state index contributed by atoms with van der Waals surface area (Å²) in [7, 11) is 2.02. The van der Waals surface area contributed by atoms with Gasteiger partial charge in [-0.2, -0.15) is 0 Å². The predicted octanol–water partition coefficient (Wildman–Crippen LogP) is 2.22. The molecule has 1 fully saturated rings. The van der Waals surface area contributed by atoms with Crippen LogP contribution in [0.2, 0.25) is 0 Å². The number of hydrogen-bond acceptors (Lipinski definition) is 2. The van der Waals surface area contributed by atoms with Crippen LogP contribution in [0.25, 0.3) is 0 Å². The molecule has 0 amide bonds. The number of unbranched alkanes of at least 4 members (excludes halogenated alkanes) is 1. The van der Waals surface area contributed by atoms with Crippen LogP contribution in [0.5, 0.6) is 0 Å². The van der Waals surface area contributed by atoms with Gasteiger partial charge < -0.3 is 15.4 Å². The molecule has 17 heavy (non-hydrogen) atoms. The maximum atomic E-state index is 5.86. The zero-order valence-corrected chi connectivity index (χ0v) is 13.4. The lowest BCUT2D eigenvalue weighted by molar-refractivity contribution is 0.130. The number of aliphatic imine (C=N–C) groups is 1. The van der Waals surface area contributed by atoms with Crippen LogP contribution in [0, 0.1) is 0 Å². The van der Waals surface area contributed by atoms with E-state index in [0.29, 0.717) is 12.0 Å². The van der Waals surface area contributed by atoms with Crippen LogP contribution in [-0.2, 0) is 4.74 Å². The molecule has 4 nitrogen and oxygen atoms in total. The van der Waals surface area contributed by atoms with Crippen molar-refractivity contribution in [3.05, 3.63) is 0 Å². The summed E-state index contributed by atoms with van der Waals surface area (Å²) in [5, 5.41) is 0.